The fourth-order valence-electron chi connectivity index (χ4n) is 1.62. The third-order valence-corrected chi connectivity index (χ3v) is 2.52. The minimum absolute atomic E-state index is 0.122. The predicted octanol–water partition coefficient (Wildman–Crippen LogP) is 1.36. The number of benzene rings is 1. The second kappa shape index (κ2) is 5.94. The molecule has 19 heavy (non-hydrogen) atoms. The zero-order valence-corrected chi connectivity index (χ0v) is 10.5. The third-order valence-electron chi connectivity index (χ3n) is 2.52. The molecule has 0 aliphatic carbocycles. The summed E-state index contributed by atoms with van der Waals surface area (Å²) < 4.78 is 7.13. The van der Waals surface area contributed by atoms with E-state index in [0.29, 0.717) is 18.1 Å². The molecule has 0 saturated carbocycles. The van der Waals surface area contributed by atoms with Crippen molar-refractivity contribution in [3.8, 4) is 5.75 Å². The Morgan fingerprint density at radius 3 is 2.95 bits per heavy atom. The van der Waals surface area contributed by atoms with Crippen molar-refractivity contribution in [1.82, 2.24) is 20.2 Å². The fraction of sp³-hybridized carbons (Fsp3) is 0.333. The molecule has 0 amide bonds. The van der Waals surface area contributed by atoms with Crippen LogP contribution in [-0.4, -0.2) is 31.3 Å². The monoisotopic (exact) mass is 262 g/mol. The Labute approximate surface area is 109 Å². The Bertz CT molecular complexity index is 568. The van der Waals surface area contributed by atoms with E-state index in [2.05, 4.69) is 15.5 Å². The lowest BCUT2D eigenvalue weighted by Crippen LogP contribution is -2.10. The largest absolute Gasteiger partial charge is 0.485 e. The number of rotatable bonds is 6. The first kappa shape index (κ1) is 13.0. The van der Waals surface area contributed by atoms with E-state index in [1.165, 1.54) is 6.07 Å². The minimum atomic E-state index is -1.02. The number of para-hydroxylation sites is 1. The second-order valence-electron chi connectivity index (χ2n) is 3.91. The van der Waals surface area contributed by atoms with Gasteiger partial charge in [0, 0.05) is 6.54 Å². The first-order valence-corrected chi connectivity index (χ1v) is 5.92. The molecule has 0 atom stereocenters. The number of hydrogen-bond acceptors (Lipinski definition) is 5. The molecule has 0 aliphatic rings. The average molecular weight is 262 g/mol. The Morgan fingerprint density at radius 2 is 2.21 bits per heavy atom. The van der Waals surface area contributed by atoms with Gasteiger partial charge in [-0.25, -0.2) is 9.48 Å². The fourth-order valence-corrected chi connectivity index (χ4v) is 1.62. The van der Waals surface area contributed by atoms with Crippen LogP contribution in [-0.2, 0) is 13.2 Å². The number of nitrogens with zero attached hydrogens (tertiary/aromatic N) is 4. The minimum Gasteiger partial charge on any atom is -0.485 e. The van der Waals surface area contributed by atoms with Crippen LogP contribution in [0.3, 0.4) is 0 Å². The van der Waals surface area contributed by atoms with E-state index >= 15 is 0 Å². The van der Waals surface area contributed by atoms with Gasteiger partial charge in [0.05, 0.1) is 0 Å². The lowest BCUT2D eigenvalue weighted by molar-refractivity contribution is 0.0691. The molecule has 0 aliphatic heterocycles. The van der Waals surface area contributed by atoms with Gasteiger partial charge in [0.15, 0.2) is 5.82 Å². The standard InChI is InChI=1S/C12H14N4O3/c1-2-7-16-11(13-14-15-16)8-19-10-6-4-3-5-9(10)12(17)18/h3-6H,2,7-8H2,1H3,(H,17,18). The molecule has 0 spiro atoms. The van der Waals surface area contributed by atoms with E-state index in [1.54, 1.807) is 22.9 Å². The molecule has 0 unspecified atom stereocenters. The average Bonchev–Trinajstić information content (AvgIpc) is 2.84. The molecule has 100 valence electrons. The summed E-state index contributed by atoms with van der Waals surface area (Å²) >= 11 is 0. The van der Waals surface area contributed by atoms with Crippen LogP contribution in [0.15, 0.2) is 24.3 Å². The van der Waals surface area contributed by atoms with Crippen molar-refractivity contribution in [3.05, 3.63) is 35.7 Å². The van der Waals surface area contributed by atoms with Crippen molar-refractivity contribution in [2.45, 2.75) is 26.5 Å². The third kappa shape index (κ3) is 3.06. The van der Waals surface area contributed by atoms with Gasteiger partial charge in [0.1, 0.15) is 17.9 Å². The van der Waals surface area contributed by atoms with Gasteiger partial charge < -0.3 is 9.84 Å². The highest BCUT2D eigenvalue weighted by atomic mass is 16.5. The highest BCUT2D eigenvalue weighted by molar-refractivity contribution is 5.90. The molecule has 0 bridgehead atoms. The number of aryl methyl sites for hydroxylation is 1. The topological polar surface area (TPSA) is 90.1 Å². The zero-order chi connectivity index (χ0) is 13.7. The number of hydrogen-bond donors (Lipinski definition) is 1. The SMILES string of the molecule is CCCn1nnnc1COc1ccccc1C(=O)O. The van der Waals surface area contributed by atoms with Crippen LogP contribution < -0.4 is 4.74 Å². The predicted molar refractivity (Wildman–Crippen MR) is 65.8 cm³/mol. The van der Waals surface area contributed by atoms with Crippen LogP contribution in [0, 0.1) is 0 Å². The summed E-state index contributed by atoms with van der Waals surface area (Å²) in [7, 11) is 0. The Morgan fingerprint density at radius 1 is 1.42 bits per heavy atom. The smallest absolute Gasteiger partial charge is 0.339 e. The number of aromatic carboxylic acids is 1. The first-order valence-electron chi connectivity index (χ1n) is 5.92. The van der Waals surface area contributed by atoms with Crippen molar-refractivity contribution in [3.63, 3.8) is 0 Å². The molecular weight excluding hydrogens is 248 g/mol. The van der Waals surface area contributed by atoms with E-state index < -0.39 is 5.97 Å². The number of tetrazole rings is 1. The second-order valence-corrected chi connectivity index (χ2v) is 3.91. The van der Waals surface area contributed by atoms with Crippen LogP contribution in [0.5, 0.6) is 5.75 Å². The summed E-state index contributed by atoms with van der Waals surface area (Å²) in [5, 5.41) is 20.3. The van der Waals surface area contributed by atoms with Gasteiger partial charge in [-0.1, -0.05) is 19.1 Å². The summed E-state index contributed by atoms with van der Waals surface area (Å²) in [6.07, 6.45) is 0.907. The number of carbonyl (C=O) groups is 1. The first-order chi connectivity index (χ1) is 9.22. The molecule has 7 nitrogen and oxygen atoms in total. The normalized spacial score (nSPS) is 10.4. The number of aromatic nitrogens is 4. The van der Waals surface area contributed by atoms with E-state index in [-0.39, 0.29) is 12.2 Å². The Balaban J connectivity index is 2.10. The number of carboxylic acid groups (broad SMARTS) is 1. The molecular formula is C12H14N4O3. The summed E-state index contributed by atoms with van der Waals surface area (Å²) in [5.41, 5.74) is 0.122. The molecule has 1 aromatic carbocycles. The highest BCUT2D eigenvalue weighted by Gasteiger charge is 2.12. The van der Waals surface area contributed by atoms with Gasteiger partial charge in [0.25, 0.3) is 0 Å². The van der Waals surface area contributed by atoms with Gasteiger partial charge >= 0.3 is 5.97 Å². The van der Waals surface area contributed by atoms with Crippen molar-refractivity contribution >= 4 is 5.97 Å². The lowest BCUT2D eigenvalue weighted by Gasteiger charge is -2.08. The Kier molecular flexibility index (Phi) is 4.07. The van der Waals surface area contributed by atoms with Gasteiger partial charge in [-0.05, 0) is 29.0 Å². The van der Waals surface area contributed by atoms with Crippen molar-refractivity contribution in [2.75, 3.05) is 0 Å². The maximum Gasteiger partial charge on any atom is 0.339 e. The van der Waals surface area contributed by atoms with Gasteiger partial charge in [-0.3, -0.25) is 0 Å². The lowest BCUT2D eigenvalue weighted by atomic mass is 10.2. The van der Waals surface area contributed by atoms with Crippen LogP contribution in [0.4, 0.5) is 0 Å². The molecule has 1 N–H and O–H groups in total. The van der Waals surface area contributed by atoms with Crippen LogP contribution in [0.1, 0.15) is 29.5 Å². The van der Waals surface area contributed by atoms with E-state index in [9.17, 15) is 4.79 Å². The summed E-state index contributed by atoms with van der Waals surface area (Å²) in [5.74, 6) is -0.146. The molecule has 7 heteroatoms. The van der Waals surface area contributed by atoms with E-state index in [0.717, 1.165) is 6.42 Å². The van der Waals surface area contributed by atoms with Gasteiger partial charge in [-0.15, -0.1) is 5.10 Å². The molecule has 1 heterocycles. The van der Waals surface area contributed by atoms with Gasteiger partial charge in [0.2, 0.25) is 0 Å². The molecule has 1 aromatic heterocycles. The van der Waals surface area contributed by atoms with Crippen molar-refractivity contribution < 1.29 is 14.6 Å². The zero-order valence-electron chi connectivity index (χ0n) is 10.5. The molecule has 0 radical (unpaired) electrons. The number of carboxylic acids is 1. The summed E-state index contributed by atoms with van der Waals surface area (Å²) in [6.45, 7) is 2.86. The van der Waals surface area contributed by atoms with Crippen molar-refractivity contribution in [2.24, 2.45) is 0 Å². The van der Waals surface area contributed by atoms with E-state index in [4.69, 9.17) is 9.84 Å². The highest BCUT2D eigenvalue weighted by Crippen LogP contribution is 2.18. The van der Waals surface area contributed by atoms with Crippen molar-refractivity contribution in [1.29, 1.82) is 0 Å². The summed E-state index contributed by atoms with van der Waals surface area (Å²) in [4.78, 5) is 11.0. The maximum absolute atomic E-state index is 11.0. The molecule has 0 fully saturated rings. The van der Waals surface area contributed by atoms with Crippen LogP contribution >= 0.6 is 0 Å². The van der Waals surface area contributed by atoms with Crippen LogP contribution in [0.2, 0.25) is 0 Å². The number of ether oxygens (including phenoxy) is 1. The van der Waals surface area contributed by atoms with E-state index in [1.807, 2.05) is 6.92 Å². The molecule has 2 aromatic rings. The Hall–Kier alpha value is -2.44. The quantitative estimate of drug-likeness (QED) is 0.845. The molecule has 0 saturated heterocycles. The van der Waals surface area contributed by atoms with Crippen LogP contribution in [0.25, 0.3) is 0 Å². The molecule has 2 rings (SSSR count). The summed E-state index contributed by atoms with van der Waals surface area (Å²) in [6, 6.07) is 6.47. The van der Waals surface area contributed by atoms with Gasteiger partial charge in [-0.2, -0.15) is 0 Å². The maximum atomic E-state index is 11.0.